The largest absolute Gasteiger partial charge is 0.341 e. The van der Waals surface area contributed by atoms with Gasteiger partial charge in [0.15, 0.2) is 11.6 Å². The fraction of sp³-hybridized carbons (Fsp3) is 0.263. The van der Waals surface area contributed by atoms with Gasteiger partial charge in [-0.25, -0.2) is 8.78 Å². The number of carbonyl (C=O) groups is 2. The first-order valence-corrected chi connectivity index (χ1v) is 8.90. The van der Waals surface area contributed by atoms with E-state index in [9.17, 15) is 18.4 Å². The molecular formula is C19H17BrF2N2O2. The van der Waals surface area contributed by atoms with Crippen LogP contribution < -0.4 is 4.90 Å². The molecule has 0 aliphatic carbocycles. The van der Waals surface area contributed by atoms with E-state index < -0.39 is 17.6 Å². The first-order chi connectivity index (χ1) is 12.4. The number of rotatable bonds is 4. The van der Waals surface area contributed by atoms with Crippen molar-refractivity contribution in [3.63, 3.8) is 0 Å². The van der Waals surface area contributed by atoms with E-state index in [0.29, 0.717) is 12.1 Å². The van der Waals surface area contributed by atoms with Crippen LogP contribution in [0.15, 0.2) is 46.9 Å². The lowest BCUT2D eigenvalue weighted by Gasteiger charge is -2.22. The minimum absolute atomic E-state index is 0.114. The Morgan fingerprint density at radius 3 is 2.65 bits per heavy atom. The smallest absolute Gasteiger partial charge is 0.228 e. The van der Waals surface area contributed by atoms with Crippen molar-refractivity contribution in [1.82, 2.24) is 4.90 Å². The maximum Gasteiger partial charge on any atom is 0.228 e. The van der Waals surface area contributed by atoms with E-state index in [1.165, 1.54) is 11.0 Å². The average Bonchev–Trinajstić information content (AvgIpc) is 2.99. The highest BCUT2D eigenvalue weighted by Crippen LogP contribution is 2.31. The highest BCUT2D eigenvalue weighted by Gasteiger charge is 2.37. The molecule has 0 unspecified atom stereocenters. The first-order valence-electron chi connectivity index (χ1n) is 8.10. The van der Waals surface area contributed by atoms with E-state index in [-0.39, 0.29) is 24.8 Å². The van der Waals surface area contributed by atoms with E-state index in [4.69, 9.17) is 0 Å². The quantitative estimate of drug-likeness (QED) is 0.752. The molecule has 1 aliphatic rings. The topological polar surface area (TPSA) is 40.6 Å². The molecule has 0 aromatic heterocycles. The van der Waals surface area contributed by atoms with Gasteiger partial charge in [0.25, 0.3) is 0 Å². The normalized spacial score (nSPS) is 16.8. The Bertz CT molecular complexity index is 859. The number of hydrogen-bond donors (Lipinski definition) is 0. The summed E-state index contributed by atoms with van der Waals surface area (Å²) in [6.45, 7) is 0.443. The van der Waals surface area contributed by atoms with Crippen molar-refractivity contribution in [2.75, 3.05) is 18.5 Å². The van der Waals surface area contributed by atoms with Crippen LogP contribution in [0.3, 0.4) is 0 Å². The standard InChI is InChI=1S/C19H17BrF2N2O2/c1-23(10-12-6-7-15(21)16(22)8-12)19(26)13-9-18(25)24(11-13)17-5-3-2-4-14(17)20/h2-8,13H,9-11H2,1H3/t13-/m0/s1. The van der Waals surface area contributed by atoms with Crippen LogP contribution >= 0.6 is 15.9 Å². The van der Waals surface area contributed by atoms with E-state index in [2.05, 4.69) is 15.9 Å². The Hall–Kier alpha value is -2.28. The van der Waals surface area contributed by atoms with Crippen molar-refractivity contribution >= 4 is 33.4 Å². The zero-order valence-electron chi connectivity index (χ0n) is 14.1. The lowest BCUT2D eigenvalue weighted by molar-refractivity contribution is -0.135. The highest BCUT2D eigenvalue weighted by molar-refractivity contribution is 9.10. The van der Waals surface area contributed by atoms with Crippen LogP contribution in [0.2, 0.25) is 0 Å². The number of carbonyl (C=O) groups excluding carboxylic acids is 2. The molecular weight excluding hydrogens is 406 g/mol. The van der Waals surface area contributed by atoms with Crippen LogP contribution in [0.5, 0.6) is 0 Å². The molecule has 2 aromatic rings. The van der Waals surface area contributed by atoms with Gasteiger partial charge in [0.05, 0.1) is 11.6 Å². The minimum Gasteiger partial charge on any atom is -0.341 e. The molecule has 0 radical (unpaired) electrons. The molecule has 2 aromatic carbocycles. The predicted molar refractivity (Wildman–Crippen MR) is 97.4 cm³/mol. The third-order valence-corrected chi connectivity index (χ3v) is 5.07. The monoisotopic (exact) mass is 422 g/mol. The number of halogens is 3. The minimum atomic E-state index is -0.945. The SMILES string of the molecule is CN(Cc1ccc(F)c(F)c1)C(=O)[C@H]1CC(=O)N(c2ccccc2Br)C1. The Balaban J connectivity index is 1.69. The molecule has 4 nitrogen and oxygen atoms in total. The zero-order valence-corrected chi connectivity index (χ0v) is 15.7. The van der Waals surface area contributed by atoms with Crippen LogP contribution in [-0.2, 0) is 16.1 Å². The number of benzene rings is 2. The molecule has 26 heavy (non-hydrogen) atoms. The van der Waals surface area contributed by atoms with Crippen LogP contribution in [0.4, 0.5) is 14.5 Å². The number of amides is 2. The summed E-state index contributed by atoms with van der Waals surface area (Å²) in [4.78, 5) is 28.1. The Morgan fingerprint density at radius 1 is 1.23 bits per heavy atom. The summed E-state index contributed by atoms with van der Waals surface area (Å²) >= 11 is 3.42. The van der Waals surface area contributed by atoms with Gasteiger partial charge in [0.2, 0.25) is 11.8 Å². The van der Waals surface area contributed by atoms with Crippen molar-refractivity contribution in [2.24, 2.45) is 5.92 Å². The average molecular weight is 423 g/mol. The molecule has 7 heteroatoms. The van der Waals surface area contributed by atoms with Crippen LogP contribution in [-0.4, -0.2) is 30.3 Å². The summed E-state index contributed by atoms with van der Waals surface area (Å²) in [5, 5.41) is 0. The Labute approximate surface area is 158 Å². The molecule has 0 spiro atoms. The van der Waals surface area contributed by atoms with Gasteiger partial charge >= 0.3 is 0 Å². The fourth-order valence-corrected chi connectivity index (χ4v) is 3.58. The fourth-order valence-electron chi connectivity index (χ4n) is 3.08. The van der Waals surface area contributed by atoms with E-state index in [1.54, 1.807) is 11.9 Å². The third kappa shape index (κ3) is 3.77. The third-order valence-electron chi connectivity index (χ3n) is 4.40. The second kappa shape index (κ2) is 7.53. The van der Waals surface area contributed by atoms with Crippen molar-refractivity contribution < 1.29 is 18.4 Å². The maximum absolute atomic E-state index is 13.3. The summed E-state index contributed by atoms with van der Waals surface area (Å²) in [5.41, 5.74) is 1.22. The molecule has 0 N–H and O–H groups in total. The molecule has 0 bridgehead atoms. The summed E-state index contributed by atoms with van der Waals surface area (Å²) in [7, 11) is 1.59. The lowest BCUT2D eigenvalue weighted by atomic mass is 10.1. The molecule has 2 amide bonds. The number of anilines is 1. The van der Waals surface area contributed by atoms with E-state index in [1.807, 2.05) is 24.3 Å². The van der Waals surface area contributed by atoms with Gasteiger partial charge in [-0.1, -0.05) is 18.2 Å². The van der Waals surface area contributed by atoms with Gasteiger partial charge in [-0.3, -0.25) is 9.59 Å². The Kier molecular flexibility index (Phi) is 5.36. The zero-order chi connectivity index (χ0) is 18.8. The van der Waals surface area contributed by atoms with Gasteiger partial charge in [-0.2, -0.15) is 0 Å². The first kappa shape index (κ1) is 18.5. The van der Waals surface area contributed by atoms with Crippen molar-refractivity contribution in [3.05, 3.63) is 64.1 Å². The summed E-state index contributed by atoms with van der Waals surface area (Å²) in [6.07, 6.45) is 0.127. The summed E-state index contributed by atoms with van der Waals surface area (Å²) < 4.78 is 27.1. The molecule has 3 rings (SSSR count). The molecule has 0 saturated carbocycles. The number of nitrogens with zero attached hydrogens (tertiary/aromatic N) is 2. The van der Waals surface area contributed by atoms with E-state index >= 15 is 0 Å². The second-order valence-corrected chi connectivity index (χ2v) is 7.15. The van der Waals surface area contributed by atoms with Crippen molar-refractivity contribution in [3.8, 4) is 0 Å². The van der Waals surface area contributed by atoms with Gasteiger partial charge in [0.1, 0.15) is 0 Å². The molecule has 1 saturated heterocycles. The molecule has 136 valence electrons. The van der Waals surface area contributed by atoms with Crippen LogP contribution in [0.1, 0.15) is 12.0 Å². The van der Waals surface area contributed by atoms with Crippen molar-refractivity contribution in [2.45, 2.75) is 13.0 Å². The molecule has 1 aliphatic heterocycles. The van der Waals surface area contributed by atoms with Gasteiger partial charge in [-0.15, -0.1) is 0 Å². The van der Waals surface area contributed by atoms with Crippen LogP contribution in [0.25, 0.3) is 0 Å². The second-order valence-electron chi connectivity index (χ2n) is 6.30. The lowest BCUT2D eigenvalue weighted by Crippen LogP contribution is -2.34. The van der Waals surface area contributed by atoms with Gasteiger partial charge in [0, 0.05) is 31.0 Å². The molecule has 1 atom stereocenters. The molecule has 1 fully saturated rings. The van der Waals surface area contributed by atoms with Crippen molar-refractivity contribution in [1.29, 1.82) is 0 Å². The Morgan fingerprint density at radius 2 is 1.96 bits per heavy atom. The summed E-state index contributed by atoms with van der Waals surface area (Å²) in [5.74, 6) is -2.65. The molecule has 1 heterocycles. The number of para-hydroxylation sites is 1. The predicted octanol–water partition coefficient (Wildman–Crippen LogP) is 3.74. The van der Waals surface area contributed by atoms with Crippen LogP contribution in [0, 0.1) is 17.6 Å². The van der Waals surface area contributed by atoms with E-state index in [0.717, 1.165) is 22.3 Å². The number of hydrogen-bond acceptors (Lipinski definition) is 2. The highest BCUT2D eigenvalue weighted by atomic mass is 79.9. The summed E-state index contributed by atoms with van der Waals surface area (Å²) in [6, 6.07) is 10.9. The van der Waals surface area contributed by atoms with Gasteiger partial charge < -0.3 is 9.80 Å². The maximum atomic E-state index is 13.3. The van der Waals surface area contributed by atoms with Gasteiger partial charge in [-0.05, 0) is 45.8 Å².